The first kappa shape index (κ1) is 17.7. The molecule has 1 unspecified atom stereocenters. The van der Waals surface area contributed by atoms with E-state index < -0.39 is 0 Å². The fourth-order valence-electron chi connectivity index (χ4n) is 3.81. The molecule has 3 aromatic rings. The van der Waals surface area contributed by atoms with Crippen molar-refractivity contribution in [2.75, 3.05) is 0 Å². The van der Waals surface area contributed by atoms with E-state index in [2.05, 4.69) is 87.6 Å². The van der Waals surface area contributed by atoms with E-state index in [1.165, 1.54) is 38.6 Å². The zero-order chi connectivity index (χ0) is 17.8. The van der Waals surface area contributed by atoms with Crippen molar-refractivity contribution >= 4 is 10.8 Å². The third kappa shape index (κ3) is 3.77. The van der Waals surface area contributed by atoms with Gasteiger partial charge < -0.3 is 5.32 Å². The lowest BCUT2D eigenvalue weighted by Crippen LogP contribution is -2.19. The Hall–Kier alpha value is -2.12. The molecule has 0 aliphatic heterocycles. The van der Waals surface area contributed by atoms with Crippen LogP contribution in [-0.2, 0) is 19.4 Å². The first-order valence-electron chi connectivity index (χ1n) is 9.46. The van der Waals surface area contributed by atoms with Gasteiger partial charge in [-0.15, -0.1) is 0 Å². The summed E-state index contributed by atoms with van der Waals surface area (Å²) in [6.07, 6.45) is 2.17. The van der Waals surface area contributed by atoms with Crippen LogP contribution in [0.3, 0.4) is 0 Å². The predicted molar refractivity (Wildman–Crippen MR) is 109 cm³/mol. The zero-order valence-corrected chi connectivity index (χ0v) is 15.9. The molecule has 1 heteroatoms. The number of fused-ring (bicyclic) bond motifs is 1. The smallest absolute Gasteiger partial charge is 0.0297 e. The lowest BCUT2D eigenvalue weighted by atomic mass is 9.95. The topological polar surface area (TPSA) is 12.0 Å². The van der Waals surface area contributed by atoms with Gasteiger partial charge in [-0.1, -0.05) is 62.4 Å². The Labute approximate surface area is 152 Å². The molecule has 0 fully saturated rings. The molecular formula is C24H29N. The van der Waals surface area contributed by atoms with Gasteiger partial charge in [0.05, 0.1) is 0 Å². The standard InChI is InChI=1S/C24H29N/c1-5-20-10-8-11-21-15-19(13-14-24(20)21)16-25-18(4)23-12-7-9-17(3)22(23)6-2/h7-15,18,25H,5-6,16H2,1-4H3. The fourth-order valence-corrected chi connectivity index (χ4v) is 3.81. The Bertz CT molecular complexity index is 863. The lowest BCUT2D eigenvalue weighted by Gasteiger charge is -2.19. The molecule has 1 N–H and O–H groups in total. The highest BCUT2D eigenvalue weighted by Crippen LogP contribution is 2.24. The van der Waals surface area contributed by atoms with Crippen LogP contribution in [0, 0.1) is 6.92 Å². The number of aryl methyl sites for hydroxylation is 2. The third-order valence-corrected chi connectivity index (χ3v) is 5.29. The highest BCUT2D eigenvalue weighted by Gasteiger charge is 2.11. The molecule has 1 nitrogen and oxygen atoms in total. The van der Waals surface area contributed by atoms with Crippen LogP contribution in [0.15, 0.2) is 54.6 Å². The van der Waals surface area contributed by atoms with E-state index >= 15 is 0 Å². The third-order valence-electron chi connectivity index (χ3n) is 5.29. The molecule has 0 saturated heterocycles. The number of nitrogens with one attached hydrogen (secondary N) is 1. The van der Waals surface area contributed by atoms with Crippen LogP contribution >= 0.6 is 0 Å². The highest BCUT2D eigenvalue weighted by atomic mass is 14.9. The summed E-state index contributed by atoms with van der Waals surface area (Å²) in [5, 5.41) is 6.44. The van der Waals surface area contributed by atoms with Crippen LogP contribution in [0.2, 0.25) is 0 Å². The molecule has 0 aliphatic rings. The molecule has 1 atom stereocenters. The largest absolute Gasteiger partial charge is 0.306 e. The van der Waals surface area contributed by atoms with Gasteiger partial charge in [0.2, 0.25) is 0 Å². The predicted octanol–water partition coefficient (Wildman–Crippen LogP) is 6.12. The number of rotatable bonds is 6. The summed E-state index contributed by atoms with van der Waals surface area (Å²) >= 11 is 0. The average molecular weight is 332 g/mol. The van der Waals surface area contributed by atoms with Crippen molar-refractivity contribution in [1.82, 2.24) is 5.32 Å². The maximum atomic E-state index is 3.71. The second-order valence-corrected chi connectivity index (χ2v) is 6.93. The maximum absolute atomic E-state index is 3.71. The van der Waals surface area contributed by atoms with E-state index in [9.17, 15) is 0 Å². The van der Waals surface area contributed by atoms with E-state index in [-0.39, 0.29) is 0 Å². The maximum Gasteiger partial charge on any atom is 0.0297 e. The number of hydrogen-bond acceptors (Lipinski definition) is 1. The van der Waals surface area contributed by atoms with Gasteiger partial charge in [0.15, 0.2) is 0 Å². The van der Waals surface area contributed by atoms with Gasteiger partial charge in [-0.3, -0.25) is 0 Å². The zero-order valence-electron chi connectivity index (χ0n) is 15.9. The van der Waals surface area contributed by atoms with Gasteiger partial charge in [0.1, 0.15) is 0 Å². The fraction of sp³-hybridized carbons (Fsp3) is 0.333. The van der Waals surface area contributed by atoms with E-state index in [1.54, 1.807) is 0 Å². The summed E-state index contributed by atoms with van der Waals surface area (Å²) in [4.78, 5) is 0. The Morgan fingerprint density at radius 3 is 2.48 bits per heavy atom. The van der Waals surface area contributed by atoms with Gasteiger partial charge in [0, 0.05) is 12.6 Å². The summed E-state index contributed by atoms with van der Waals surface area (Å²) in [6, 6.07) is 20.5. The van der Waals surface area contributed by atoms with E-state index in [0.29, 0.717) is 6.04 Å². The molecule has 3 rings (SSSR count). The minimum atomic E-state index is 0.354. The van der Waals surface area contributed by atoms with Gasteiger partial charge in [-0.2, -0.15) is 0 Å². The average Bonchev–Trinajstić information content (AvgIpc) is 2.65. The summed E-state index contributed by atoms with van der Waals surface area (Å²) < 4.78 is 0. The van der Waals surface area contributed by atoms with Crippen molar-refractivity contribution in [3.8, 4) is 0 Å². The molecule has 0 amide bonds. The van der Waals surface area contributed by atoms with Crippen LogP contribution in [0.1, 0.15) is 54.6 Å². The number of benzene rings is 3. The number of hydrogen-bond donors (Lipinski definition) is 1. The normalized spacial score (nSPS) is 12.5. The Kier molecular flexibility index (Phi) is 5.55. The molecule has 0 heterocycles. The van der Waals surface area contributed by atoms with Crippen molar-refractivity contribution in [3.63, 3.8) is 0 Å². The van der Waals surface area contributed by atoms with Crippen LogP contribution in [0.25, 0.3) is 10.8 Å². The van der Waals surface area contributed by atoms with Crippen LogP contribution < -0.4 is 5.32 Å². The van der Waals surface area contributed by atoms with Gasteiger partial charge in [-0.25, -0.2) is 0 Å². The van der Waals surface area contributed by atoms with E-state index in [1.807, 2.05) is 0 Å². The molecule has 0 bridgehead atoms. The molecule has 0 aromatic heterocycles. The molecule has 0 spiro atoms. The first-order chi connectivity index (χ1) is 12.1. The van der Waals surface area contributed by atoms with Crippen molar-refractivity contribution in [1.29, 1.82) is 0 Å². The Morgan fingerprint density at radius 1 is 0.920 bits per heavy atom. The molecule has 0 radical (unpaired) electrons. The van der Waals surface area contributed by atoms with Crippen molar-refractivity contribution in [2.45, 2.75) is 53.1 Å². The molecule has 0 aliphatic carbocycles. The molecule has 0 saturated carbocycles. The minimum Gasteiger partial charge on any atom is -0.306 e. The molecule has 3 aromatic carbocycles. The Morgan fingerprint density at radius 2 is 1.72 bits per heavy atom. The SMILES string of the molecule is CCc1c(C)cccc1C(C)NCc1ccc2c(CC)cccc2c1. The van der Waals surface area contributed by atoms with Gasteiger partial charge in [-0.05, 0) is 71.3 Å². The first-order valence-corrected chi connectivity index (χ1v) is 9.46. The van der Waals surface area contributed by atoms with Crippen LogP contribution in [0.4, 0.5) is 0 Å². The lowest BCUT2D eigenvalue weighted by molar-refractivity contribution is 0.570. The summed E-state index contributed by atoms with van der Waals surface area (Å²) in [5.41, 5.74) is 7.08. The highest BCUT2D eigenvalue weighted by molar-refractivity contribution is 5.86. The van der Waals surface area contributed by atoms with Crippen molar-refractivity contribution in [2.24, 2.45) is 0 Å². The quantitative estimate of drug-likeness (QED) is 0.573. The van der Waals surface area contributed by atoms with Crippen molar-refractivity contribution < 1.29 is 0 Å². The summed E-state index contributed by atoms with van der Waals surface area (Å²) in [7, 11) is 0. The summed E-state index contributed by atoms with van der Waals surface area (Å²) in [6.45, 7) is 9.84. The van der Waals surface area contributed by atoms with Gasteiger partial charge >= 0.3 is 0 Å². The van der Waals surface area contributed by atoms with Crippen LogP contribution in [0.5, 0.6) is 0 Å². The Balaban J connectivity index is 1.77. The monoisotopic (exact) mass is 331 g/mol. The van der Waals surface area contributed by atoms with E-state index in [4.69, 9.17) is 0 Å². The van der Waals surface area contributed by atoms with Gasteiger partial charge in [0.25, 0.3) is 0 Å². The van der Waals surface area contributed by atoms with E-state index in [0.717, 1.165) is 19.4 Å². The molecule has 130 valence electrons. The molecule has 25 heavy (non-hydrogen) atoms. The summed E-state index contributed by atoms with van der Waals surface area (Å²) in [5.74, 6) is 0. The minimum absolute atomic E-state index is 0.354. The molecular weight excluding hydrogens is 302 g/mol. The second-order valence-electron chi connectivity index (χ2n) is 6.93. The van der Waals surface area contributed by atoms with Crippen molar-refractivity contribution in [3.05, 3.63) is 82.4 Å². The second kappa shape index (κ2) is 7.84. The van der Waals surface area contributed by atoms with Crippen LogP contribution in [-0.4, -0.2) is 0 Å².